The summed E-state index contributed by atoms with van der Waals surface area (Å²) in [5.74, 6) is 0. The van der Waals surface area contributed by atoms with E-state index in [0.29, 0.717) is 17.8 Å². The van der Waals surface area contributed by atoms with Crippen LogP contribution in [-0.2, 0) is 10.0 Å². The second kappa shape index (κ2) is 6.92. The zero-order valence-corrected chi connectivity index (χ0v) is 12.9. The fourth-order valence-corrected chi connectivity index (χ4v) is 2.71. The topological polar surface area (TPSA) is 95.7 Å². The summed E-state index contributed by atoms with van der Waals surface area (Å²) in [5, 5.41) is 12.2. The summed E-state index contributed by atoms with van der Waals surface area (Å²) in [6.45, 7) is 2.06. The van der Waals surface area contributed by atoms with Crippen LogP contribution in [0.3, 0.4) is 0 Å². The van der Waals surface area contributed by atoms with Gasteiger partial charge in [-0.25, -0.2) is 12.7 Å². The average molecular weight is 301 g/mol. The lowest BCUT2D eigenvalue weighted by Crippen LogP contribution is -2.23. The van der Waals surface area contributed by atoms with Crippen LogP contribution in [0, 0.1) is 0 Å². The Morgan fingerprint density at radius 1 is 1.40 bits per heavy atom. The van der Waals surface area contributed by atoms with Gasteiger partial charge in [0.1, 0.15) is 0 Å². The number of nitrogens with two attached hydrogens (primary N) is 1. The minimum Gasteiger partial charge on any atom is -0.397 e. The lowest BCUT2D eigenvalue weighted by Gasteiger charge is -2.20. The first kappa shape index (κ1) is 16.7. The Hall–Kier alpha value is -1.31. The van der Waals surface area contributed by atoms with Gasteiger partial charge < -0.3 is 16.2 Å². The maximum absolute atomic E-state index is 12.1. The molecule has 1 rings (SSSR count). The summed E-state index contributed by atoms with van der Waals surface area (Å²) in [5.41, 5.74) is 6.94. The van der Waals surface area contributed by atoms with Crippen LogP contribution in [0.15, 0.2) is 23.1 Å². The van der Waals surface area contributed by atoms with Crippen LogP contribution in [0.1, 0.15) is 19.8 Å². The van der Waals surface area contributed by atoms with Crippen LogP contribution in [0.5, 0.6) is 0 Å². The van der Waals surface area contributed by atoms with Crippen LogP contribution in [0.25, 0.3) is 0 Å². The van der Waals surface area contributed by atoms with Crippen molar-refractivity contribution in [1.82, 2.24) is 4.31 Å². The second-order valence-electron chi connectivity index (χ2n) is 4.80. The van der Waals surface area contributed by atoms with Gasteiger partial charge in [-0.3, -0.25) is 0 Å². The number of hydrogen-bond acceptors (Lipinski definition) is 5. The third-order valence-electron chi connectivity index (χ3n) is 3.13. The molecule has 0 fully saturated rings. The normalized spacial score (nSPS) is 13.4. The molecule has 0 aromatic heterocycles. The van der Waals surface area contributed by atoms with Gasteiger partial charge in [-0.05, 0) is 31.0 Å². The second-order valence-corrected chi connectivity index (χ2v) is 6.95. The molecule has 7 heteroatoms. The number of nitrogens with one attached hydrogen (secondary N) is 1. The maximum atomic E-state index is 12.1. The number of anilines is 2. The Labute approximate surface area is 120 Å². The molecule has 114 valence electrons. The predicted molar refractivity (Wildman–Crippen MR) is 81.1 cm³/mol. The number of nitrogen functional groups attached to an aromatic ring is 1. The van der Waals surface area contributed by atoms with Crippen molar-refractivity contribution in [3.05, 3.63) is 18.2 Å². The molecule has 0 heterocycles. The minimum absolute atomic E-state index is 0.0552. The Morgan fingerprint density at radius 2 is 2.05 bits per heavy atom. The Bertz CT molecular complexity index is 544. The zero-order valence-electron chi connectivity index (χ0n) is 12.1. The van der Waals surface area contributed by atoms with Gasteiger partial charge in [0.05, 0.1) is 16.3 Å². The van der Waals surface area contributed by atoms with E-state index in [2.05, 4.69) is 5.32 Å². The van der Waals surface area contributed by atoms with Crippen molar-refractivity contribution in [2.75, 3.05) is 31.8 Å². The van der Waals surface area contributed by atoms with Gasteiger partial charge >= 0.3 is 0 Å². The standard InChI is InChI=1S/C13H23N3O3S/c1-4-10(7-8-17)15-13-9-11(5-6-12(13)14)20(18,19)16(2)3/h5-6,9-10,15,17H,4,7-8,14H2,1-3H3. The van der Waals surface area contributed by atoms with Crippen molar-refractivity contribution in [3.63, 3.8) is 0 Å². The summed E-state index contributed by atoms with van der Waals surface area (Å²) >= 11 is 0. The van der Waals surface area contributed by atoms with Crippen LogP contribution in [0.2, 0.25) is 0 Å². The Kier molecular flexibility index (Phi) is 5.79. The fraction of sp³-hybridized carbons (Fsp3) is 0.538. The molecule has 0 bridgehead atoms. The lowest BCUT2D eigenvalue weighted by atomic mass is 10.1. The van der Waals surface area contributed by atoms with Crippen molar-refractivity contribution >= 4 is 21.4 Å². The van der Waals surface area contributed by atoms with Crippen molar-refractivity contribution in [1.29, 1.82) is 0 Å². The highest BCUT2D eigenvalue weighted by molar-refractivity contribution is 7.89. The average Bonchev–Trinajstić information content (AvgIpc) is 2.40. The molecular formula is C13H23N3O3S. The van der Waals surface area contributed by atoms with Crippen molar-refractivity contribution < 1.29 is 13.5 Å². The Balaban J connectivity index is 3.09. The molecule has 6 nitrogen and oxygen atoms in total. The summed E-state index contributed by atoms with van der Waals surface area (Å²) in [7, 11) is -0.512. The van der Waals surface area contributed by atoms with E-state index in [1.54, 1.807) is 6.07 Å². The van der Waals surface area contributed by atoms with E-state index in [0.717, 1.165) is 10.7 Å². The molecule has 0 aliphatic heterocycles. The lowest BCUT2D eigenvalue weighted by molar-refractivity contribution is 0.278. The first-order valence-corrected chi connectivity index (χ1v) is 7.96. The highest BCUT2D eigenvalue weighted by atomic mass is 32.2. The summed E-state index contributed by atoms with van der Waals surface area (Å²) in [6, 6.07) is 4.65. The van der Waals surface area contributed by atoms with Gasteiger partial charge in [0.2, 0.25) is 10.0 Å². The first-order chi connectivity index (χ1) is 9.32. The maximum Gasteiger partial charge on any atom is 0.242 e. The molecule has 0 saturated heterocycles. The number of nitrogens with zero attached hydrogens (tertiary/aromatic N) is 1. The highest BCUT2D eigenvalue weighted by Gasteiger charge is 2.19. The van der Waals surface area contributed by atoms with Crippen LogP contribution >= 0.6 is 0 Å². The number of benzene rings is 1. The van der Waals surface area contributed by atoms with Crippen molar-refractivity contribution in [2.45, 2.75) is 30.7 Å². The molecule has 0 saturated carbocycles. The third kappa shape index (κ3) is 3.84. The summed E-state index contributed by atoms with van der Waals surface area (Å²) in [6.07, 6.45) is 1.39. The molecule has 0 aliphatic carbocycles. The van der Waals surface area contributed by atoms with E-state index in [4.69, 9.17) is 10.8 Å². The quantitative estimate of drug-likeness (QED) is 0.655. The molecule has 1 aromatic rings. The van der Waals surface area contributed by atoms with Crippen molar-refractivity contribution in [3.8, 4) is 0 Å². The van der Waals surface area contributed by atoms with Crippen LogP contribution < -0.4 is 11.1 Å². The van der Waals surface area contributed by atoms with Gasteiger partial charge in [0, 0.05) is 26.7 Å². The summed E-state index contributed by atoms with van der Waals surface area (Å²) in [4.78, 5) is 0.193. The van der Waals surface area contributed by atoms with E-state index < -0.39 is 10.0 Å². The molecule has 0 spiro atoms. The van der Waals surface area contributed by atoms with E-state index in [9.17, 15) is 8.42 Å². The smallest absolute Gasteiger partial charge is 0.242 e. The van der Waals surface area contributed by atoms with Gasteiger partial charge in [-0.1, -0.05) is 6.92 Å². The first-order valence-electron chi connectivity index (χ1n) is 6.52. The predicted octanol–water partition coefficient (Wildman–Crippen LogP) is 1.09. The Morgan fingerprint density at radius 3 is 2.55 bits per heavy atom. The SMILES string of the molecule is CCC(CCO)Nc1cc(S(=O)(=O)N(C)C)ccc1N. The number of aliphatic hydroxyl groups is 1. The third-order valence-corrected chi connectivity index (χ3v) is 4.94. The zero-order chi connectivity index (χ0) is 15.3. The molecule has 4 N–H and O–H groups in total. The molecule has 1 unspecified atom stereocenters. The van der Waals surface area contributed by atoms with Crippen LogP contribution in [-0.4, -0.2) is 44.6 Å². The molecule has 1 atom stereocenters. The number of sulfonamides is 1. The van der Waals surface area contributed by atoms with E-state index in [1.165, 1.54) is 26.2 Å². The molecule has 20 heavy (non-hydrogen) atoms. The molecule has 0 amide bonds. The number of hydrogen-bond donors (Lipinski definition) is 3. The van der Waals surface area contributed by atoms with Gasteiger partial charge in [-0.15, -0.1) is 0 Å². The molecular weight excluding hydrogens is 278 g/mol. The minimum atomic E-state index is -3.48. The van der Waals surface area contributed by atoms with Gasteiger partial charge in [-0.2, -0.15) is 0 Å². The largest absolute Gasteiger partial charge is 0.397 e. The molecule has 1 aromatic carbocycles. The van der Waals surface area contributed by atoms with Crippen molar-refractivity contribution in [2.24, 2.45) is 0 Å². The van der Waals surface area contributed by atoms with Crippen LogP contribution in [0.4, 0.5) is 11.4 Å². The number of rotatable bonds is 7. The fourth-order valence-electron chi connectivity index (χ4n) is 1.79. The van der Waals surface area contributed by atoms with E-state index >= 15 is 0 Å². The highest BCUT2D eigenvalue weighted by Crippen LogP contribution is 2.25. The summed E-state index contributed by atoms with van der Waals surface area (Å²) < 4.78 is 25.3. The van der Waals surface area contributed by atoms with Gasteiger partial charge in [0.25, 0.3) is 0 Å². The van der Waals surface area contributed by atoms with E-state index in [1.807, 2.05) is 6.92 Å². The monoisotopic (exact) mass is 301 g/mol. The molecule has 0 radical (unpaired) electrons. The van der Waals surface area contributed by atoms with Gasteiger partial charge in [0.15, 0.2) is 0 Å². The van der Waals surface area contributed by atoms with E-state index in [-0.39, 0.29) is 17.5 Å². The molecule has 0 aliphatic rings. The number of aliphatic hydroxyl groups excluding tert-OH is 1.